The Bertz CT molecular complexity index is 633. The molecule has 23 heavy (non-hydrogen) atoms. The lowest BCUT2D eigenvalue weighted by atomic mass is 9.97. The minimum absolute atomic E-state index is 0.303. The van der Waals surface area contributed by atoms with Crippen molar-refractivity contribution in [2.75, 3.05) is 24.5 Å². The van der Waals surface area contributed by atoms with Gasteiger partial charge in [-0.25, -0.2) is 9.97 Å². The van der Waals surface area contributed by atoms with Gasteiger partial charge in [0, 0.05) is 43.0 Å². The third-order valence-corrected chi connectivity index (χ3v) is 4.49. The Morgan fingerprint density at radius 1 is 1.17 bits per heavy atom. The summed E-state index contributed by atoms with van der Waals surface area (Å²) >= 11 is 0. The molecule has 0 saturated carbocycles. The molecule has 0 spiro atoms. The molecule has 3 heterocycles. The minimum Gasteiger partial charge on any atom is -0.356 e. The van der Waals surface area contributed by atoms with Crippen LogP contribution in [-0.4, -0.2) is 34.6 Å². The zero-order valence-corrected chi connectivity index (χ0v) is 13.9. The number of hydrogen-bond donors (Lipinski definition) is 1. The quantitative estimate of drug-likeness (QED) is 0.940. The van der Waals surface area contributed by atoms with Gasteiger partial charge < -0.3 is 10.6 Å². The summed E-state index contributed by atoms with van der Waals surface area (Å²) in [6, 6.07) is 6.09. The molecule has 1 aliphatic heterocycles. The van der Waals surface area contributed by atoms with E-state index in [-0.39, 0.29) is 0 Å². The minimum atomic E-state index is 0.303. The Labute approximate surface area is 138 Å². The van der Waals surface area contributed by atoms with Gasteiger partial charge in [0.05, 0.1) is 5.69 Å². The Kier molecular flexibility index (Phi) is 4.86. The maximum Gasteiger partial charge on any atom is 0.133 e. The fourth-order valence-electron chi connectivity index (χ4n) is 2.94. The third-order valence-electron chi connectivity index (χ3n) is 4.49. The predicted molar refractivity (Wildman–Crippen MR) is 93.3 cm³/mol. The highest BCUT2D eigenvalue weighted by Crippen LogP contribution is 2.27. The van der Waals surface area contributed by atoms with Gasteiger partial charge in [-0.2, -0.15) is 0 Å². The first-order valence-electron chi connectivity index (χ1n) is 8.41. The molecule has 2 N–H and O–H groups in total. The van der Waals surface area contributed by atoms with E-state index in [1.807, 2.05) is 12.1 Å². The molecular weight excluding hydrogens is 286 g/mol. The van der Waals surface area contributed by atoms with Gasteiger partial charge in [0.15, 0.2) is 0 Å². The molecule has 0 aliphatic carbocycles. The van der Waals surface area contributed by atoms with Crippen molar-refractivity contribution in [3.8, 4) is 11.3 Å². The van der Waals surface area contributed by atoms with Crippen LogP contribution >= 0.6 is 0 Å². The van der Waals surface area contributed by atoms with Crippen molar-refractivity contribution < 1.29 is 0 Å². The zero-order chi connectivity index (χ0) is 16.2. The van der Waals surface area contributed by atoms with Crippen LogP contribution in [0.15, 0.2) is 30.6 Å². The maximum atomic E-state index is 5.80. The molecule has 0 bridgehead atoms. The molecule has 0 unspecified atom stereocenters. The molecule has 1 fully saturated rings. The first-order chi connectivity index (χ1) is 11.2. The van der Waals surface area contributed by atoms with E-state index in [9.17, 15) is 0 Å². The van der Waals surface area contributed by atoms with Crippen LogP contribution in [0.3, 0.4) is 0 Å². The molecule has 122 valence electrons. The van der Waals surface area contributed by atoms with E-state index >= 15 is 0 Å². The van der Waals surface area contributed by atoms with Crippen molar-refractivity contribution in [3.63, 3.8) is 0 Å². The number of nitrogens with two attached hydrogens (primary N) is 1. The van der Waals surface area contributed by atoms with E-state index in [0.717, 1.165) is 55.4 Å². The van der Waals surface area contributed by atoms with E-state index in [1.165, 1.54) is 0 Å². The molecule has 5 nitrogen and oxygen atoms in total. The number of nitrogens with zero attached hydrogens (tertiary/aromatic N) is 4. The van der Waals surface area contributed by atoms with Crippen molar-refractivity contribution in [1.82, 2.24) is 15.0 Å². The molecular formula is C18H25N5. The summed E-state index contributed by atoms with van der Waals surface area (Å²) in [5.74, 6) is 2.88. The zero-order valence-electron chi connectivity index (χ0n) is 13.9. The van der Waals surface area contributed by atoms with Crippen LogP contribution in [0.2, 0.25) is 0 Å². The van der Waals surface area contributed by atoms with E-state index in [4.69, 9.17) is 15.7 Å². The number of piperidine rings is 1. The molecule has 5 heteroatoms. The SMILES string of the molecule is CC(C)c1nc(-c2ccncc2)cc(N2CCC(CN)CC2)n1. The van der Waals surface area contributed by atoms with Gasteiger partial charge in [-0.05, 0) is 37.4 Å². The number of anilines is 1. The fourth-order valence-corrected chi connectivity index (χ4v) is 2.94. The van der Waals surface area contributed by atoms with Gasteiger partial charge in [-0.15, -0.1) is 0 Å². The van der Waals surface area contributed by atoms with Gasteiger partial charge in [0.1, 0.15) is 11.6 Å². The highest BCUT2D eigenvalue weighted by molar-refractivity contribution is 5.62. The first-order valence-corrected chi connectivity index (χ1v) is 8.41. The van der Waals surface area contributed by atoms with Crippen molar-refractivity contribution in [2.24, 2.45) is 11.7 Å². The van der Waals surface area contributed by atoms with Gasteiger partial charge in [-0.3, -0.25) is 4.98 Å². The second-order valence-electron chi connectivity index (χ2n) is 6.53. The van der Waals surface area contributed by atoms with Crippen LogP contribution in [0.5, 0.6) is 0 Å². The van der Waals surface area contributed by atoms with Crippen LogP contribution in [-0.2, 0) is 0 Å². The van der Waals surface area contributed by atoms with Gasteiger partial charge >= 0.3 is 0 Å². The van der Waals surface area contributed by atoms with Crippen LogP contribution < -0.4 is 10.6 Å². The van der Waals surface area contributed by atoms with Gasteiger partial charge in [0.2, 0.25) is 0 Å². The van der Waals surface area contributed by atoms with Crippen molar-refractivity contribution >= 4 is 5.82 Å². The Hall–Kier alpha value is -2.01. The Morgan fingerprint density at radius 2 is 1.87 bits per heavy atom. The monoisotopic (exact) mass is 311 g/mol. The second-order valence-corrected chi connectivity index (χ2v) is 6.53. The summed E-state index contributed by atoms with van der Waals surface area (Å²) in [7, 11) is 0. The second kappa shape index (κ2) is 7.04. The van der Waals surface area contributed by atoms with Crippen molar-refractivity contribution in [3.05, 3.63) is 36.4 Å². The standard InChI is InChI=1S/C18H25N5/c1-13(2)18-21-16(15-3-7-20-8-4-15)11-17(22-18)23-9-5-14(12-19)6-10-23/h3-4,7-8,11,13-14H,5-6,9-10,12,19H2,1-2H3. The van der Waals surface area contributed by atoms with Gasteiger partial charge in [0.25, 0.3) is 0 Å². The fraction of sp³-hybridized carbons (Fsp3) is 0.500. The van der Waals surface area contributed by atoms with E-state index < -0.39 is 0 Å². The average Bonchev–Trinajstić information content (AvgIpc) is 2.62. The summed E-state index contributed by atoms with van der Waals surface area (Å²) in [4.78, 5) is 16.0. The predicted octanol–water partition coefficient (Wildman–Crippen LogP) is 2.84. The number of aromatic nitrogens is 3. The van der Waals surface area contributed by atoms with E-state index in [2.05, 4.69) is 29.8 Å². The molecule has 1 aliphatic rings. The molecule has 0 radical (unpaired) electrons. The molecule has 0 amide bonds. The smallest absolute Gasteiger partial charge is 0.133 e. The van der Waals surface area contributed by atoms with Gasteiger partial charge in [-0.1, -0.05) is 13.8 Å². The first kappa shape index (κ1) is 15.9. The molecule has 3 rings (SSSR count). The van der Waals surface area contributed by atoms with Crippen molar-refractivity contribution in [1.29, 1.82) is 0 Å². The van der Waals surface area contributed by atoms with Crippen LogP contribution in [0.25, 0.3) is 11.3 Å². The summed E-state index contributed by atoms with van der Waals surface area (Å²) in [5.41, 5.74) is 7.86. The average molecular weight is 311 g/mol. The topological polar surface area (TPSA) is 67.9 Å². The highest BCUT2D eigenvalue weighted by atomic mass is 15.2. The lowest BCUT2D eigenvalue weighted by Crippen LogP contribution is -2.36. The summed E-state index contributed by atoms with van der Waals surface area (Å²) in [5, 5.41) is 0. The number of hydrogen-bond acceptors (Lipinski definition) is 5. The largest absolute Gasteiger partial charge is 0.356 e. The summed E-state index contributed by atoms with van der Waals surface area (Å²) in [6.07, 6.45) is 5.89. The molecule has 0 atom stereocenters. The van der Waals surface area contributed by atoms with Crippen LogP contribution in [0.4, 0.5) is 5.82 Å². The van der Waals surface area contributed by atoms with Crippen LogP contribution in [0, 0.1) is 5.92 Å². The number of pyridine rings is 1. The normalized spacial score (nSPS) is 16.1. The van der Waals surface area contributed by atoms with E-state index in [1.54, 1.807) is 12.4 Å². The summed E-state index contributed by atoms with van der Waals surface area (Å²) in [6.45, 7) is 7.10. The molecule has 1 saturated heterocycles. The third kappa shape index (κ3) is 3.67. The van der Waals surface area contributed by atoms with Crippen LogP contribution in [0.1, 0.15) is 38.4 Å². The Balaban J connectivity index is 1.92. The van der Waals surface area contributed by atoms with E-state index in [0.29, 0.717) is 11.8 Å². The summed E-state index contributed by atoms with van der Waals surface area (Å²) < 4.78 is 0. The lowest BCUT2D eigenvalue weighted by molar-refractivity contribution is 0.412. The lowest BCUT2D eigenvalue weighted by Gasteiger charge is -2.32. The molecule has 2 aromatic heterocycles. The Morgan fingerprint density at radius 3 is 2.48 bits per heavy atom. The molecule has 2 aromatic rings. The molecule has 0 aromatic carbocycles. The highest BCUT2D eigenvalue weighted by Gasteiger charge is 2.21. The number of rotatable bonds is 4. The van der Waals surface area contributed by atoms with Crippen molar-refractivity contribution in [2.45, 2.75) is 32.6 Å². The maximum absolute atomic E-state index is 5.80.